The van der Waals surface area contributed by atoms with Crippen LogP contribution >= 0.6 is 11.8 Å². The zero-order valence-corrected chi connectivity index (χ0v) is 12.1. The summed E-state index contributed by atoms with van der Waals surface area (Å²) in [5.74, 6) is 0. The number of hydrogen-bond acceptors (Lipinski definition) is 4. The first kappa shape index (κ1) is 15.2. The summed E-state index contributed by atoms with van der Waals surface area (Å²) in [6.45, 7) is 0.360. The SMILES string of the molecule is CSC1CCCC1NS(=O)(=O)N(C)CCCO. The molecule has 0 radical (unpaired) electrons. The molecular weight excluding hydrogens is 260 g/mol. The van der Waals surface area contributed by atoms with Crippen molar-refractivity contribution in [3.8, 4) is 0 Å². The van der Waals surface area contributed by atoms with Gasteiger partial charge in [-0.25, -0.2) is 0 Å². The van der Waals surface area contributed by atoms with Crippen molar-refractivity contribution in [2.45, 2.75) is 37.0 Å². The van der Waals surface area contributed by atoms with Gasteiger partial charge in [0.25, 0.3) is 10.2 Å². The summed E-state index contributed by atoms with van der Waals surface area (Å²) in [6.07, 6.45) is 5.56. The standard InChI is InChI=1S/C10H22N2O3S2/c1-12(7-4-8-13)17(14,15)11-9-5-3-6-10(9)16-2/h9-11,13H,3-8H2,1-2H3. The number of rotatable bonds is 7. The predicted octanol–water partition coefficient (Wildman–Crippen LogP) is 0.419. The zero-order chi connectivity index (χ0) is 12.9. The monoisotopic (exact) mass is 282 g/mol. The van der Waals surface area contributed by atoms with E-state index in [9.17, 15) is 8.42 Å². The molecule has 1 saturated carbocycles. The average Bonchev–Trinajstić information content (AvgIpc) is 2.72. The van der Waals surface area contributed by atoms with Crippen LogP contribution in [0.15, 0.2) is 0 Å². The molecule has 0 saturated heterocycles. The van der Waals surface area contributed by atoms with Gasteiger partial charge in [-0.15, -0.1) is 0 Å². The quantitative estimate of drug-likeness (QED) is 0.710. The van der Waals surface area contributed by atoms with Gasteiger partial charge < -0.3 is 5.11 Å². The molecule has 2 atom stereocenters. The minimum absolute atomic E-state index is 0.0106. The molecule has 102 valence electrons. The number of aliphatic hydroxyl groups is 1. The molecule has 7 heteroatoms. The molecule has 1 aliphatic carbocycles. The Hall–Kier alpha value is 0.180. The van der Waals surface area contributed by atoms with Crippen molar-refractivity contribution in [2.24, 2.45) is 0 Å². The summed E-state index contributed by atoms with van der Waals surface area (Å²) in [5.41, 5.74) is 0. The van der Waals surface area contributed by atoms with Crippen molar-refractivity contribution in [2.75, 3.05) is 26.5 Å². The highest BCUT2D eigenvalue weighted by atomic mass is 32.2. The first-order valence-electron chi connectivity index (χ1n) is 5.88. The maximum Gasteiger partial charge on any atom is 0.279 e. The molecule has 5 nitrogen and oxygen atoms in total. The molecule has 2 N–H and O–H groups in total. The van der Waals surface area contributed by atoms with E-state index in [0.717, 1.165) is 19.3 Å². The normalized spacial score (nSPS) is 25.6. The van der Waals surface area contributed by atoms with E-state index in [2.05, 4.69) is 4.72 Å². The van der Waals surface area contributed by atoms with Crippen LogP contribution in [0.25, 0.3) is 0 Å². The third-order valence-corrected chi connectivity index (χ3v) is 5.87. The Labute approximate surface area is 108 Å². The second kappa shape index (κ2) is 6.94. The van der Waals surface area contributed by atoms with Crippen LogP contribution in [0, 0.1) is 0 Å². The summed E-state index contributed by atoms with van der Waals surface area (Å²) < 4.78 is 28.0. The summed E-state index contributed by atoms with van der Waals surface area (Å²) >= 11 is 1.73. The topological polar surface area (TPSA) is 69.6 Å². The van der Waals surface area contributed by atoms with E-state index in [1.165, 1.54) is 4.31 Å². The maximum atomic E-state index is 12.0. The molecular formula is C10H22N2O3S2. The lowest BCUT2D eigenvalue weighted by molar-refractivity contribution is 0.275. The molecule has 0 aromatic carbocycles. The maximum absolute atomic E-state index is 12.0. The van der Waals surface area contributed by atoms with Crippen molar-refractivity contribution in [3.63, 3.8) is 0 Å². The fourth-order valence-corrected chi connectivity index (χ4v) is 4.27. The van der Waals surface area contributed by atoms with Crippen molar-refractivity contribution in [1.29, 1.82) is 0 Å². The molecule has 0 aliphatic heterocycles. The smallest absolute Gasteiger partial charge is 0.279 e. The van der Waals surface area contributed by atoms with Gasteiger partial charge in [0.15, 0.2) is 0 Å². The molecule has 0 spiro atoms. The molecule has 0 aromatic heterocycles. The number of nitrogens with one attached hydrogen (secondary N) is 1. The van der Waals surface area contributed by atoms with E-state index < -0.39 is 10.2 Å². The van der Waals surface area contributed by atoms with Crippen LogP contribution < -0.4 is 4.72 Å². The Morgan fingerprint density at radius 3 is 2.76 bits per heavy atom. The minimum Gasteiger partial charge on any atom is -0.396 e. The molecule has 0 aromatic rings. The van der Waals surface area contributed by atoms with E-state index >= 15 is 0 Å². The first-order chi connectivity index (χ1) is 8.01. The van der Waals surface area contributed by atoms with Crippen LogP contribution in [0.2, 0.25) is 0 Å². The van der Waals surface area contributed by atoms with E-state index in [1.807, 2.05) is 6.26 Å². The second-order valence-electron chi connectivity index (χ2n) is 4.33. The lowest BCUT2D eigenvalue weighted by Gasteiger charge is -2.23. The van der Waals surface area contributed by atoms with Crippen LogP contribution in [0.1, 0.15) is 25.7 Å². The van der Waals surface area contributed by atoms with Gasteiger partial charge in [-0.05, 0) is 25.5 Å². The van der Waals surface area contributed by atoms with Gasteiger partial charge in [-0.1, -0.05) is 6.42 Å². The van der Waals surface area contributed by atoms with Gasteiger partial charge in [0.05, 0.1) is 0 Å². The van der Waals surface area contributed by atoms with Crippen LogP contribution in [0.3, 0.4) is 0 Å². The molecule has 0 heterocycles. The third-order valence-electron chi connectivity index (χ3n) is 3.10. The van der Waals surface area contributed by atoms with Gasteiger partial charge in [0.2, 0.25) is 0 Å². The Morgan fingerprint density at radius 2 is 2.18 bits per heavy atom. The Morgan fingerprint density at radius 1 is 1.47 bits per heavy atom. The Balaban J connectivity index is 2.53. The molecule has 0 bridgehead atoms. The van der Waals surface area contributed by atoms with E-state index in [1.54, 1.807) is 18.8 Å². The molecule has 0 amide bonds. The van der Waals surface area contributed by atoms with Crippen molar-refractivity contribution in [3.05, 3.63) is 0 Å². The van der Waals surface area contributed by atoms with Gasteiger partial charge in [-0.2, -0.15) is 29.2 Å². The van der Waals surface area contributed by atoms with Gasteiger partial charge in [0, 0.05) is 31.5 Å². The van der Waals surface area contributed by atoms with E-state index in [-0.39, 0.29) is 12.6 Å². The zero-order valence-electron chi connectivity index (χ0n) is 10.4. The second-order valence-corrected chi connectivity index (χ2v) is 7.22. The summed E-state index contributed by atoms with van der Waals surface area (Å²) in [5, 5.41) is 9.09. The van der Waals surface area contributed by atoms with Crippen LogP contribution in [-0.4, -0.2) is 55.6 Å². The molecule has 2 unspecified atom stereocenters. The highest BCUT2D eigenvalue weighted by Gasteiger charge is 2.31. The highest BCUT2D eigenvalue weighted by molar-refractivity contribution is 7.99. The summed E-state index contributed by atoms with van der Waals surface area (Å²) in [6, 6.07) is 0.0478. The largest absolute Gasteiger partial charge is 0.396 e. The fourth-order valence-electron chi connectivity index (χ4n) is 2.04. The minimum atomic E-state index is -3.40. The Kier molecular flexibility index (Phi) is 6.22. The summed E-state index contributed by atoms with van der Waals surface area (Å²) in [4.78, 5) is 0. The number of nitrogens with zero attached hydrogens (tertiary/aromatic N) is 1. The predicted molar refractivity (Wildman–Crippen MR) is 71.3 cm³/mol. The number of hydrogen-bond donors (Lipinski definition) is 2. The van der Waals surface area contributed by atoms with Crippen LogP contribution in [-0.2, 0) is 10.2 Å². The lowest BCUT2D eigenvalue weighted by Crippen LogP contribution is -2.46. The van der Waals surface area contributed by atoms with Gasteiger partial charge >= 0.3 is 0 Å². The van der Waals surface area contributed by atoms with Crippen LogP contribution in [0.5, 0.6) is 0 Å². The molecule has 17 heavy (non-hydrogen) atoms. The van der Waals surface area contributed by atoms with E-state index in [0.29, 0.717) is 18.2 Å². The van der Waals surface area contributed by atoms with E-state index in [4.69, 9.17) is 5.11 Å². The number of aliphatic hydroxyl groups excluding tert-OH is 1. The summed E-state index contributed by atoms with van der Waals surface area (Å²) in [7, 11) is -1.86. The fraction of sp³-hybridized carbons (Fsp3) is 1.00. The van der Waals surface area contributed by atoms with Crippen molar-refractivity contribution in [1.82, 2.24) is 9.03 Å². The Bertz CT molecular complexity index is 322. The van der Waals surface area contributed by atoms with Gasteiger partial charge in [-0.3, -0.25) is 0 Å². The molecule has 1 aliphatic rings. The number of thioether (sulfide) groups is 1. The van der Waals surface area contributed by atoms with Crippen molar-refractivity contribution < 1.29 is 13.5 Å². The highest BCUT2D eigenvalue weighted by Crippen LogP contribution is 2.28. The lowest BCUT2D eigenvalue weighted by atomic mass is 10.3. The van der Waals surface area contributed by atoms with Gasteiger partial charge in [0.1, 0.15) is 0 Å². The average molecular weight is 282 g/mol. The molecule has 1 fully saturated rings. The first-order valence-corrected chi connectivity index (χ1v) is 8.61. The van der Waals surface area contributed by atoms with Crippen molar-refractivity contribution >= 4 is 22.0 Å². The van der Waals surface area contributed by atoms with Crippen LogP contribution in [0.4, 0.5) is 0 Å². The third kappa shape index (κ3) is 4.40. The molecule has 1 rings (SSSR count).